The first-order valence-electron chi connectivity index (χ1n) is 10.2. The van der Waals surface area contributed by atoms with E-state index in [1.165, 1.54) is 12.8 Å². The minimum absolute atomic E-state index is 0.0555. The summed E-state index contributed by atoms with van der Waals surface area (Å²) in [5.41, 5.74) is 0.562. The van der Waals surface area contributed by atoms with E-state index in [1.54, 1.807) is 24.5 Å². The quantitative estimate of drug-likeness (QED) is 0.668. The average molecular weight is 386 g/mol. The maximum absolute atomic E-state index is 12.8. The van der Waals surface area contributed by atoms with E-state index in [0.29, 0.717) is 36.8 Å². The van der Waals surface area contributed by atoms with E-state index in [9.17, 15) is 4.79 Å². The number of ether oxygens (including phenoxy) is 2. The molecule has 1 amide bonds. The van der Waals surface area contributed by atoms with Crippen molar-refractivity contribution in [2.45, 2.75) is 39.2 Å². The second-order valence-corrected chi connectivity index (χ2v) is 6.93. The second kappa shape index (κ2) is 10.2. The Kier molecular flexibility index (Phi) is 7.37. The standard InChI is InChI=1S/C22H30N2O4/c1-3-13-27-20-10-9-17(15-21(20)26-4-2)22(25)23-16-18(19-8-7-14-28-19)24-11-5-6-12-24/h7-10,14-15,18H,3-6,11-13,16H2,1-2H3,(H,23,25). The van der Waals surface area contributed by atoms with E-state index in [-0.39, 0.29) is 11.9 Å². The number of hydrogen-bond acceptors (Lipinski definition) is 5. The molecule has 1 saturated heterocycles. The van der Waals surface area contributed by atoms with Gasteiger partial charge >= 0.3 is 0 Å². The van der Waals surface area contributed by atoms with Crippen LogP contribution >= 0.6 is 0 Å². The fourth-order valence-corrected chi connectivity index (χ4v) is 3.48. The molecule has 1 atom stereocenters. The predicted octanol–water partition coefficient (Wildman–Crippen LogP) is 4.03. The van der Waals surface area contributed by atoms with Crippen LogP contribution in [0.3, 0.4) is 0 Å². The fraction of sp³-hybridized carbons (Fsp3) is 0.500. The topological polar surface area (TPSA) is 63.9 Å². The van der Waals surface area contributed by atoms with Crippen LogP contribution in [-0.2, 0) is 0 Å². The van der Waals surface area contributed by atoms with Gasteiger partial charge in [0.25, 0.3) is 5.91 Å². The number of nitrogens with one attached hydrogen (secondary N) is 1. The first-order chi connectivity index (χ1) is 13.7. The molecule has 1 N–H and O–H groups in total. The van der Waals surface area contributed by atoms with Gasteiger partial charge in [-0.2, -0.15) is 0 Å². The van der Waals surface area contributed by atoms with Crippen molar-refractivity contribution in [3.63, 3.8) is 0 Å². The second-order valence-electron chi connectivity index (χ2n) is 6.93. The molecule has 0 bridgehead atoms. The largest absolute Gasteiger partial charge is 0.490 e. The van der Waals surface area contributed by atoms with Crippen LogP contribution in [-0.4, -0.2) is 43.7 Å². The maximum atomic E-state index is 12.8. The van der Waals surface area contributed by atoms with Gasteiger partial charge < -0.3 is 19.2 Å². The summed E-state index contributed by atoms with van der Waals surface area (Å²) in [6, 6.07) is 9.26. The van der Waals surface area contributed by atoms with Crippen molar-refractivity contribution < 1.29 is 18.7 Å². The van der Waals surface area contributed by atoms with Gasteiger partial charge in [-0.25, -0.2) is 0 Å². The molecule has 1 fully saturated rings. The molecule has 0 aliphatic carbocycles. The van der Waals surface area contributed by atoms with Gasteiger partial charge in [-0.15, -0.1) is 0 Å². The van der Waals surface area contributed by atoms with E-state index in [1.807, 2.05) is 19.1 Å². The van der Waals surface area contributed by atoms with Crippen LogP contribution in [0.5, 0.6) is 11.5 Å². The summed E-state index contributed by atoms with van der Waals surface area (Å²) < 4.78 is 17.0. The lowest BCUT2D eigenvalue weighted by molar-refractivity contribution is 0.0933. The Morgan fingerprint density at radius 1 is 1.18 bits per heavy atom. The molecule has 1 unspecified atom stereocenters. The molecule has 1 aromatic carbocycles. The van der Waals surface area contributed by atoms with Gasteiger partial charge in [-0.3, -0.25) is 9.69 Å². The molecule has 1 aliphatic rings. The number of rotatable bonds is 10. The Balaban J connectivity index is 1.68. The summed E-state index contributed by atoms with van der Waals surface area (Å²) in [5.74, 6) is 2.04. The van der Waals surface area contributed by atoms with Gasteiger partial charge in [0.2, 0.25) is 0 Å². The average Bonchev–Trinajstić information content (AvgIpc) is 3.42. The van der Waals surface area contributed by atoms with E-state index in [4.69, 9.17) is 13.9 Å². The lowest BCUT2D eigenvalue weighted by Gasteiger charge is -2.26. The molecule has 1 aliphatic heterocycles. The van der Waals surface area contributed by atoms with Gasteiger partial charge in [0.15, 0.2) is 11.5 Å². The number of nitrogens with zero attached hydrogens (tertiary/aromatic N) is 1. The van der Waals surface area contributed by atoms with Crippen LogP contribution in [0.1, 0.15) is 55.3 Å². The molecule has 0 spiro atoms. The summed E-state index contributed by atoms with van der Waals surface area (Å²) in [4.78, 5) is 15.1. The smallest absolute Gasteiger partial charge is 0.251 e. The first-order valence-corrected chi connectivity index (χ1v) is 10.2. The third-order valence-corrected chi connectivity index (χ3v) is 4.88. The van der Waals surface area contributed by atoms with Gasteiger partial charge in [0.1, 0.15) is 5.76 Å². The zero-order valence-corrected chi connectivity index (χ0v) is 16.8. The number of furan rings is 1. The highest BCUT2D eigenvalue weighted by molar-refractivity contribution is 5.94. The van der Waals surface area contributed by atoms with Crippen LogP contribution in [0.15, 0.2) is 41.0 Å². The number of hydrogen-bond donors (Lipinski definition) is 1. The minimum atomic E-state index is -0.126. The first kappa shape index (κ1) is 20.3. The van der Waals surface area contributed by atoms with Crippen LogP contribution in [0.25, 0.3) is 0 Å². The monoisotopic (exact) mass is 386 g/mol. The molecule has 3 rings (SSSR count). The molecule has 2 aromatic rings. The molecule has 1 aromatic heterocycles. The van der Waals surface area contributed by atoms with Crippen molar-refractivity contribution in [1.82, 2.24) is 10.2 Å². The molecule has 0 radical (unpaired) electrons. The van der Waals surface area contributed by atoms with Gasteiger partial charge in [-0.05, 0) is 69.6 Å². The van der Waals surface area contributed by atoms with Crippen molar-refractivity contribution >= 4 is 5.91 Å². The molecule has 6 nitrogen and oxygen atoms in total. The van der Waals surface area contributed by atoms with Gasteiger partial charge in [-0.1, -0.05) is 6.92 Å². The Bertz CT molecular complexity index is 739. The van der Waals surface area contributed by atoms with Crippen LogP contribution in [0, 0.1) is 0 Å². The van der Waals surface area contributed by atoms with Crippen LogP contribution in [0.4, 0.5) is 0 Å². The Hall–Kier alpha value is -2.47. The molecule has 6 heteroatoms. The third kappa shape index (κ3) is 5.07. The van der Waals surface area contributed by atoms with Crippen molar-refractivity contribution in [2.75, 3.05) is 32.8 Å². The van der Waals surface area contributed by atoms with Crippen molar-refractivity contribution in [1.29, 1.82) is 0 Å². The molecule has 0 saturated carbocycles. The highest BCUT2D eigenvalue weighted by Gasteiger charge is 2.26. The van der Waals surface area contributed by atoms with E-state index >= 15 is 0 Å². The number of likely N-dealkylation sites (tertiary alicyclic amines) is 1. The number of carbonyl (C=O) groups is 1. The molecular weight excluding hydrogens is 356 g/mol. The highest BCUT2D eigenvalue weighted by Crippen LogP contribution is 2.29. The van der Waals surface area contributed by atoms with Gasteiger partial charge in [0, 0.05) is 12.1 Å². The van der Waals surface area contributed by atoms with E-state index < -0.39 is 0 Å². The molecule has 152 valence electrons. The number of benzene rings is 1. The lowest BCUT2D eigenvalue weighted by Crippen LogP contribution is -2.36. The lowest BCUT2D eigenvalue weighted by atomic mass is 10.1. The Labute approximate surface area is 166 Å². The van der Waals surface area contributed by atoms with Crippen molar-refractivity contribution in [3.8, 4) is 11.5 Å². The SMILES string of the molecule is CCCOc1ccc(C(=O)NCC(c2ccco2)N2CCCC2)cc1OCC. The van der Waals surface area contributed by atoms with Crippen molar-refractivity contribution in [2.24, 2.45) is 0 Å². The third-order valence-electron chi connectivity index (χ3n) is 4.88. The molecule has 2 heterocycles. The Morgan fingerprint density at radius 3 is 2.68 bits per heavy atom. The van der Waals surface area contributed by atoms with Gasteiger partial charge in [0.05, 0.1) is 25.5 Å². The highest BCUT2D eigenvalue weighted by atomic mass is 16.5. The zero-order valence-electron chi connectivity index (χ0n) is 16.8. The number of amides is 1. The normalized spacial score (nSPS) is 15.4. The summed E-state index contributed by atoms with van der Waals surface area (Å²) in [6.07, 6.45) is 4.96. The van der Waals surface area contributed by atoms with Crippen molar-refractivity contribution in [3.05, 3.63) is 47.9 Å². The Morgan fingerprint density at radius 2 is 2.00 bits per heavy atom. The summed E-state index contributed by atoms with van der Waals surface area (Å²) >= 11 is 0. The molecular formula is C22H30N2O4. The number of carbonyl (C=O) groups excluding carboxylic acids is 1. The predicted molar refractivity (Wildman–Crippen MR) is 108 cm³/mol. The maximum Gasteiger partial charge on any atom is 0.251 e. The summed E-state index contributed by atoms with van der Waals surface area (Å²) in [5, 5.41) is 3.06. The minimum Gasteiger partial charge on any atom is -0.490 e. The molecule has 28 heavy (non-hydrogen) atoms. The van der Waals surface area contributed by atoms with E-state index in [2.05, 4.69) is 17.1 Å². The summed E-state index contributed by atoms with van der Waals surface area (Å²) in [7, 11) is 0. The fourth-order valence-electron chi connectivity index (χ4n) is 3.48. The summed E-state index contributed by atoms with van der Waals surface area (Å²) in [6.45, 7) is 7.66. The zero-order chi connectivity index (χ0) is 19.8. The van der Waals surface area contributed by atoms with Crippen LogP contribution < -0.4 is 14.8 Å². The van der Waals surface area contributed by atoms with E-state index in [0.717, 1.165) is 25.3 Å². The van der Waals surface area contributed by atoms with Crippen LogP contribution in [0.2, 0.25) is 0 Å².